The third kappa shape index (κ3) is 4.85. The first kappa shape index (κ1) is 25.1. The first-order valence-electron chi connectivity index (χ1n) is 13.2. The molecule has 5 heterocycles. The fourth-order valence-corrected chi connectivity index (χ4v) is 6.62. The van der Waals surface area contributed by atoms with Crippen LogP contribution in [-0.2, 0) is 6.42 Å². The maximum Gasteiger partial charge on any atom is 0.178 e. The second-order valence-electron chi connectivity index (χ2n) is 10.5. The number of rotatable bonds is 5. The molecule has 4 aromatic rings. The lowest BCUT2D eigenvalue weighted by Crippen LogP contribution is -2.38. The van der Waals surface area contributed by atoms with Crippen molar-refractivity contribution < 1.29 is 13.5 Å². The van der Waals surface area contributed by atoms with Crippen LogP contribution >= 0.6 is 11.3 Å². The molecule has 2 aliphatic heterocycles. The number of nitrogens with zero attached hydrogens (tertiary/aromatic N) is 5. The number of aromatic nitrogens is 3. The third-order valence-corrected chi connectivity index (χ3v) is 8.73. The van der Waals surface area contributed by atoms with Crippen LogP contribution in [0.5, 0.6) is 5.75 Å². The van der Waals surface area contributed by atoms with Crippen molar-refractivity contribution in [1.29, 1.82) is 0 Å². The largest absolute Gasteiger partial charge is 0.486 e. The summed E-state index contributed by atoms with van der Waals surface area (Å²) in [7, 11) is 2.18. The van der Waals surface area contributed by atoms with Crippen molar-refractivity contribution in [2.24, 2.45) is 0 Å². The van der Waals surface area contributed by atoms with Gasteiger partial charge in [-0.25, -0.2) is 23.7 Å². The maximum atomic E-state index is 15.0. The number of hydrogen-bond donors (Lipinski definition) is 0. The van der Waals surface area contributed by atoms with Crippen molar-refractivity contribution in [1.82, 2.24) is 19.9 Å². The summed E-state index contributed by atoms with van der Waals surface area (Å²) in [6.07, 6.45) is 3.87. The Morgan fingerprint density at radius 3 is 2.66 bits per heavy atom. The zero-order chi connectivity index (χ0) is 26.4. The molecule has 0 spiro atoms. The summed E-state index contributed by atoms with van der Waals surface area (Å²) in [5, 5.41) is 1.15. The van der Waals surface area contributed by atoms with Gasteiger partial charge in [-0.1, -0.05) is 6.07 Å². The van der Waals surface area contributed by atoms with Crippen LogP contribution in [0.15, 0.2) is 36.5 Å². The lowest BCUT2D eigenvalue weighted by molar-refractivity contribution is 0.257. The number of fused-ring (bicyclic) bond motifs is 2. The molecule has 6 rings (SSSR count). The topological polar surface area (TPSA) is 54.4 Å². The lowest BCUT2D eigenvalue weighted by atomic mass is 9.95. The highest BCUT2D eigenvalue weighted by molar-refractivity contribution is 7.18. The average Bonchev–Trinajstić information content (AvgIpc) is 3.33. The standard InChI is InChI=1S/C29H31F2N5OS/c1-17(2)36-10-11-37-28-22(30)12-20(13-24(28)36)27-23(31)16-32-26(34-27)15-21-5-4-19-14-25(38-29(19)33-21)18-6-8-35(3)9-7-18/h4-5,12-14,16-18H,6-11,15H2,1-3H3. The quantitative estimate of drug-likeness (QED) is 0.311. The monoisotopic (exact) mass is 535 g/mol. The fourth-order valence-electron chi connectivity index (χ4n) is 5.40. The summed E-state index contributed by atoms with van der Waals surface area (Å²) in [6, 6.07) is 9.54. The van der Waals surface area contributed by atoms with Gasteiger partial charge in [0, 0.05) is 27.6 Å². The summed E-state index contributed by atoms with van der Waals surface area (Å²) in [5.41, 5.74) is 1.88. The van der Waals surface area contributed by atoms with Gasteiger partial charge in [0.15, 0.2) is 17.4 Å². The second-order valence-corrected chi connectivity index (χ2v) is 11.6. The Labute approximate surface area is 225 Å². The minimum Gasteiger partial charge on any atom is -0.486 e. The van der Waals surface area contributed by atoms with Crippen LogP contribution in [0.3, 0.4) is 0 Å². The van der Waals surface area contributed by atoms with Crippen LogP contribution in [0, 0.1) is 11.6 Å². The summed E-state index contributed by atoms with van der Waals surface area (Å²) in [5.74, 6) is 0.121. The zero-order valence-electron chi connectivity index (χ0n) is 21.9. The number of anilines is 1. The smallest absolute Gasteiger partial charge is 0.178 e. The first-order chi connectivity index (χ1) is 18.4. The molecule has 0 radical (unpaired) electrons. The van der Waals surface area contributed by atoms with Gasteiger partial charge in [-0.3, -0.25) is 0 Å². The van der Waals surface area contributed by atoms with E-state index in [1.165, 1.54) is 23.8 Å². The van der Waals surface area contributed by atoms with Gasteiger partial charge in [-0.2, -0.15) is 0 Å². The van der Waals surface area contributed by atoms with Crippen LogP contribution in [0.4, 0.5) is 14.5 Å². The van der Waals surface area contributed by atoms with E-state index < -0.39 is 11.6 Å². The van der Waals surface area contributed by atoms with Gasteiger partial charge in [0.1, 0.15) is 23.0 Å². The molecule has 0 N–H and O–H groups in total. The molecule has 3 aromatic heterocycles. The van der Waals surface area contributed by atoms with Crippen LogP contribution < -0.4 is 9.64 Å². The van der Waals surface area contributed by atoms with Crippen LogP contribution in [0.1, 0.15) is 49.0 Å². The van der Waals surface area contributed by atoms with E-state index in [0.717, 1.165) is 35.2 Å². The van der Waals surface area contributed by atoms with Crippen molar-refractivity contribution in [3.05, 3.63) is 64.6 Å². The Kier molecular flexibility index (Phi) is 6.74. The number of piperidine rings is 1. The van der Waals surface area contributed by atoms with Crippen molar-refractivity contribution >= 4 is 27.2 Å². The molecule has 0 bridgehead atoms. The molecule has 0 unspecified atom stereocenters. The van der Waals surface area contributed by atoms with E-state index in [2.05, 4.69) is 38.9 Å². The van der Waals surface area contributed by atoms with Gasteiger partial charge in [0.25, 0.3) is 0 Å². The Morgan fingerprint density at radius 2 is 1.87 bits per heavy atom. The Morgan fingerprint density at radius 1 is 1.05 bits per heavy atom. The summed E-state index contributed by atoms with van der Waals surface area (Å²) >= 11 is 1.76. The van der Waals surface area contributed by atoms with E-state index in [9.17, 15) is 4.39 Å². The van der Waals surface area contributed by atoms with Gasteiger partial charge in [-0.15, -0.1) is 11.3 Å². The Bertz CT molecular complexity index is 1480. The molecule has 38 heavy (non-hydrogen) atoms. The van der Waals surface area contributed by atoms with Gasteiger partial charge in [-0.05, 0) is 77.0 Å². The van der Waals surface area contributed by atoms with Crippen LogP contribution in [0.2, 0.25) is 0 Å². The van der Waals surface area contributed by atoms with Crippen LogP contribution in [-0.4, -0.2) is 59.2 Å². The Hall–Kier alpha value is -3.17. The second kappa shape index (κ2) is 10.2. The van der Waals surface area contributed by atoms with E-state index in [-0.39, 0.29) is 17.5 Å². The summed E-state index contributed by atoms with van der Waals surface area (Å²) in [4.78, 5) is 20.4. The summed E-state index contributed by atoms with van der Waals surface area (Å²) in [6.45, 7) is 7.38. The summed E-state index contributed by atoms with van der Waals surface area (Å²) < 4.78 is 35.5. The number of halogens is 2. The van der Waals surface area contributed by atoms with Gasteiger partial charge < -0.3 is 14.5 Å². The number of pyridine rings is 1. The molecular formula is C29H31F2N5OS. The molecule has 198 valence electrons. The van der Waals surface area contributed by atoms with E-state index in [1.807, 2.05) is 19.9 Å². The van der Waals surface area contributed by atoms with Gasteiger partial charge in [0.2, 0.25) is 0 Å². The lowest BCUT2D eigenvalue weighted by Gasteiger charge is -2.34. The minimum absolute atomic E-state index is 0.0766. The molecule has 0 saturated carbocycles. The number of thiophene rings is 1. The van der Waals surface area contributed by atoms with E-state index >= 15 is 4.39 Å². The maximum absolute atomic E-state index is 15.0. The molecule has 1 fully saturated rings. The molecule has 1 aromatic carbocycles. The van der Waals surface area contributed by atoms with Crippen molar-refractivity contribution in [3.8, 4) is 17.0 Å². The highest BCUT2D eigenvalue weighted by Crippen LogP contribution is 2.39. The fraction of sp³-hybridized carbons (Fsp3) is 0.414. The molecule has 2 aliphatic rings. The number of likely N-dealkylation sites (tertiary alicyclic amines) is 1. The predicted octanol–water partition coefficient (Wildman–Crippen LogP) is 6.04. The highest BCUT2D eigenvalue weighted by Gasteiger charge is 2.26. The molecule has 0 atom stereocenters. The molecule has 6 nitrogen and oxygen atoms in total. The SMILES string of the molecule is CC(C)N1CCOc2c(F)cc(-c3nc(Cc4ccc5cc(C6CCN(C)CC6)sc5n4)ncc3F)cc21. The van der Waals surface area contributed by atoms with E-state index in [0.29, 0.717) is 42.6 Å². The van der Waals surface area contributed by atoms with Crippen molar-refractivity contribution in [3.63, 3.8) is 0 Å². The minimum atomic E-state index is -0.592. The number of hydrogen-bond acceptors (Lipinski definition) is 7. The number of ether oxygens (including phenoxy) is 1. The molecule has 9 heteroatoms. The Balaban J connectivity index is 1.28. The van der Waals surface area contributed by atoms with E-state index in [4.69, 9.17) is 9.72 Å². The molecular weight excluding hydrogens is 504 g/mol. The normalized spacial score (nSPS) is 16.7. The average molecular weight is 536 g/mol. The zero-order valence-corrected chi connectivity index (χ0v) is 22.7. The van der Waals surface area contributed by atoms with Crippen molar-refractivity contribution in [2.45, 2.75) is 45.1 Å². The predicted molar refractivity (Wildman–Crippen MR) is 147 cm³/mol. The van der Waals surface area contributed by atoms with Gasteiger partial charge >= 0.3 is 0 Å². The highest BCUT2D eigenvalue weighted by atomic mass is 32.1. The van der Waals surface area contributed by atoms with Crippen molar-refractivity contribution in [2.75, 3.05) is 38.2 Å². The first-order valence-corrected chi connectivity index (χ1v) is 14.0. The molecule has 0 aliphatic carbocycles. The van der Waals surface area contributed by atoms with Crippen LogP contribution in [0.25, 0.3) is 21.5 Å². The number of benzene rings is 1. The van der Waals surface area contributed by atoms with E-state index in [1.54, 1.807) is 17.4 Å². The molecule has 1 saturated heterocycles. The van der Waals surface area contributed by atoms with Gasteiger partial charge in [0.05, 0.1) is 24.8 Å². The third-order valence-electron chi connectivity index (χ3n) is 7.52. The molecule has 0 amide bonds.